The number of nitrogens with one attached hydrogen (secondary N) is 1. The lowest BCUT2D eigenvalue weighted by Crippen LogP contribution is -2.39. The van der Waals surface area contributed by atoms with Gasteiger partial charge in [-0.1, -0.05) is 30.3 Å². The number of benzene rings is 1. The van der Waals surface area contributed by atoms with Gasteiger partial charge in [-0.25, -0.2) is 4.98 Å². The molecule has 1 aromatic carbocycles. The molecule has 2 aromatic heterocycles. The van der Waals surface area contributed by atoms with Gasteiger partial charge in [0.25, 0.3) is 5.91 Å². The Morgan fingerprint density at radius 2 is 2.08 bits per heavy atom. The van der Waals surface area contributed by atoms with Gasteiger partial charge in [-0.05, 0) is 18.6 Å². The molecule has 1 aliphatic rings. The predicted octanol–water partition coefficient (Wildman–Crippen LogP) is 2.91. The molecule has 0 spiro atoms. The van der Waals surface area contributed by atoms with E-state index in [1.54, 1.807) is 25.7 Å². The summed E-state index contributed by atoms with van der Waals surface area (Å²) >= 11 is 0. The number of hydrogen-bond donors (Lipinski definition) is 1. The standard InChI is InChI=1S/C20H20N4O2/c1-13-8-15(18(26-2)9-21-13)20(25)24-10-16(14-6-4-3-5-7-14)19-17(11-24)22-12-23-19/h3-9,12,16H,10-11H2,1-2H3,(H,22,23). The lowest BCUT2D eigenvalue weighted by molar-refractivity contribution is 0.0718. The molecule has 4 rings (SSSR count). The number of aromatic amines is 1. The first kappa shape index (κ1) is 16.3. The summed E-state index contributed by atoms with van der Waals surface area (Å²) in [4.78, 5) is 27.0. The van der Waals surface area contributed by atoms with Gasteiger partial charge in [0.15, 0.2) is 0 Å². The maximum absolute atomic E-state index is 13.2. The van der Waals surface area contributed by atoms with E-state index in [2.05, 4.69) is 27.1 Å². The van der Waals surface area contributed by atoms with Gasteiger partial charge in [0.1, 0.15) is 5.75 Å². The molecule has 132 valence electrons. The van der Waals surface area contributed by atoms with Crippen molar-refractivity contribution >= 4 is 5.91 Å². The maximum atomic E-state index is 13.2. The fourth-order valence-electron chi connectivity index (χ4n) is 3.47. The van der Waals surface area contributed by atoms with Gasteiger partial charge in [-0.15, -0.1) is 0 Å². The van der Waals surface area contributed by atoms with E-state index in [-0.39, 0.29) is 11.8 Å². The van der Waals surface area contributed by atoms with E-state index in [0.29, 0.717) is 24.4 Å². The number of amides is 1. The van der Waals surface area contributed by atoms with Crippen LogP contribution in [-0.2, 0) is 6.54 Å². The molecule has 0 radical (unpaired) electrons. The van der Waals surface area contributed by atoms with E-state index in [1.807, 2.05) is 30.0 Å². The van der Waals surface area contributed by atoms with Crippen LogP contribution >= 0.6 is 0 Å². The van der Waals surface area contributed by atoms with Gasteiger partial charge in [-0.2, -0.15) is 0 Å². The third kappa shape index (κ3) is 2.83. The largest absolute Gasteiger partial charge is 0.494 e. The quantitative estimate of drug-likeness (QED) is 0.790. The Balaban J connectivity index is 1.71. The molecule has 0 saturated heterocycles. The van der Waals surface area contributed by atoms with Crippen molar-refractivity contribution in [2.24, 2.45) is 0 Å². The van der Waals surface area contributed by atoms with Crippen LogP contribution in [0.3, 0.4) is 0 Å². The second-order valence-corrected chi connectivity index (χ2v) is 6.44. The average Bonchev–Trinajstić information content (AvgIpc) is 3.16. The second-order valence-electron chi connectivity index (χ2n) is 6.44. The number of pyridine rings is 1. The highest BCUT2D eigenvalue weighted by atomic mass is 16.5. The van der Waals surface area contributed by atoms with E-state index in [1.165, 1.54) is 0 Å². The van der Waals surface area contributed by atoms with Crippen LogP contribution in [0.1, 0.15) is 38.9 Å². The van der Waals surface area contributed by atoms with Crippen molar-refractivity contribution in [3.8, 4) is 5.75 Å². The van der Waals surface area contributed by atoms with Crippen LogP contribution in [0.25, 0.3) is 0 Å². The van der Waals surface area contributed by atoms with Crippen molar-refractivity contribution < 1.29 is 9.53 Å². The normalized spacial score (nSPS) is 16.2. The number of aryl methyl sites for hydroxylation is 1. The van der Waals surface area contributed by atoms with Crippen LogP contribution in [0.2, 0.25) is 0 Å². The summed E-state index contributed by atoms with van der Waals surface area (Å²) in [5, 5.41) is 0. The predicted molar refractivity (Wildman–Crippen MR) is 97.1 cm³/mol. The Kier molecular flexibility index (Phi) is 4.16. The fourth-order valence-corrected chi connectivity index (χ4v) is 3.47. The van der Waals surface area contributed by atoms with Crippen molar-refractivity contribution in [3.05, 3.63) is 77.1 Å². The lowest BCUT2D eigenvalue weighted by Gasteiger charge is -2.32. The van der Waals surface area contributed by atoms with E-state index >= 15 is 0 Å². The first-order valence-electron chi connectivity index (χ1n) is 8.54. The van der Waals surface area contributed by atoms with Gasteiger partial charge in [0, 0.05) is 18.2 Å². The molecule has 3 aromatic rings. The first-order valence-corrected chi connectivity index (χ1v) is 8.54. The molecular formula is C20H20N4O2. The third-order valence-corrected chi connectivity index (χ3v) is 4.78. The van der Waals surface area contributed by atoms with E-state index < -0.39 is 0 Å². The van der Waals surface area contributed by atoms with E-state index in [4.69, 9.17) is 4.74 Å². The van der Waals surface area contributed by atoms with Gasteiger partial charge in [0.2, 0.25) is 0 Å². The fraction of sp³-hybridized carbons (Fsp3) is 0.250. The molecule has 1 unspecified atom stereocenters. The number of aromatic nitrogens is 3. The Morgan fingerprint density at radius 1 is 1.27 bits per heavy atom. The van der Waals surface area contributed by atoms with Crippen LogP contribution < -0.4 is 4.74 Å². The van der Waals surface area contributed by atoms with Crippen molar-refractivity contribution in [3.63, 3.8) is 0 Å². The number of nitrogens with zero attached hydrogens (tertiary/aromatic N) is 3. The van der Waals surface area contributed by atoms with Gasteiger partial charge in [0.05, 0.1) is 43.1 Å². The summed E-state index contributed by atoms with van der Waals surface area (Å²) in [7, 11) is 1.55. The van der Waals surface area contributed by atoms with Gasteiger partial charge in [-0.3, -0.25) is 9.78 Å². The minimum absolute atomic E-state index is 0.0454. The Labute approximate surface area is 151 Å². The first-order chi connectivity index (χ1) is 12.7. The number of methoxy groups -OCH3 is 1. The van der Waals surface area contributed by atoms with Crippen molar-refractivity contribution in [2.45, 2.75) is 19.4 Å². The SMILES string of the molecule is COc1cnc(C)cc1C(=O)N1Cc2[nH]cnc2C(c2ccccc2)C1. The molecule has 0 saturated carbocycles. The molecule has 0 fully saturated rings. The molecule has 3 heterocycles. The smallest absolute Gasteiger partial charge is 0.258 e. The van der Waals surface area contributed by atoms with Crippen molar-refractivity contribution in [1.29, 1.82) is 0 Å². The summed E-state index contributed by atoms with van der Waals surface area (Å²) in [6.07, 6.45) is 3.30. The number of rotatable bonds is 3. The number of ether oxygens (including phenoxy) is 1. The maximum Gasteiger partial charge on any atom is 0.258 e. The summed E-state index contributed by atoms with van der Waals surface area (Å²) in [5.74, 6) is 0.477. The Morgan fingerprint density at radius 3 is 2.85 bits per heavy atom. The zero-order valence-corrected chi connectivity index (χ0v) is 14.8. The number of carbonyl (C=O) groups excluding carboxylic acids is 1. The zero-order chi connectivity index (χ0) is 18.1. The minimum Gasteiger partial charge on any atom is -0.494 e. The minimum atomic E-state index is -0.0615. The van der Waals surface area contributed by atoms with Crippen LogP contribution in [0.4, 0.5) is 0 Å². The summed E-state index contributed by atoms with van der Waals surface area (Å²) in [5.41, 5.74) is 4.46. The second kappa shape index (κ2) is 6.63. The molecule has 0 bridgehead atoms. The highest BCUT2D eigenvalue weighted by Gasteiger charge is 2.32. The number of carbonyl (C=O) groups is 1. The molecule has 1 atom stereocenters. The van der Waals surface area contributed by atoms with Crippen LogP contribution in [0.5, 0.6) is 5.75 Å². The number of fused-ring (bicyclic) bond motifs is 1. The highest BCUT2D eigenvalue weighted by molar-refractivity contribution is 5.97. The third-order valence-electron chi connectivity index (χ3n) is 4.78. The Hall–Kier alpha value is -3.15. The topological polar surface area (TPSA) is 71.1 Å². The van der Waals surface area contributed by atoms with E-state index in [9.17, 15) is 4.79 Å². The van der Waals surface area contributed by atoms with Crippen molar-refractivity contribution in [2.75, 3.05) is 13.7 Å². The molecule has 1 amide bonds. The molecular weight excluding hydrogens is 328 g/mol. The van der Waals surface area contributed by atoms with Crippen LogP contribution in [0, 0.1) is 6.92 Å². The van der Waals surface area contributed by atoms with Gasteiger partial charge >= 0.3 is 0 Å². The van der Waals surface area contributed by atoms with E-state index in [0.717, 1.165) is 22.6 Å². The average molecular weight is 348 g/mol. The summed E-state index contributed by atoms with van der Waals surface area (Å²) < 4.78 is 5.35. The molecule has 1 aliphatic heterocycles. The monoisotopic (exact) mass is 348 g/mol. The molecule has 26 heavy (non-hydrogen) atoms. The van der Waals surface area contributed by atoms with Gasteiger partial charge < -0.3 is 14.6 Å². The highest BCUT2D eigenvalue weighted by Crippen LogP contribution is 2.33. The Bertz CT molecular complexity index is 936. The molecule has 6 nitrogen and oxygen atoms in total. The molecule has 6 heteroatoms. The van der Waals surface area contributed by atoms with Crippen LogP contribution in [-0.4, -0.2) is 39.4 Å². The lowest BCUT2D eigenvalue weighted by atomic mass is 9.90. The van der Waals surface area contributed by atoms with Crippen LogP contribution in [0.15, 0.2) is 48.9 Å². The number of H-pyrrole nitrogens is 1. The molecule has 1 N–H and O–H groups in total. The zero-order valence-electron chi connectivity index (χ0n) is 14.8. The molecule has 0 aliphatic carbocycles. The van der Waals surface area contributed by atoms with Crippen molar-refractivity contribution in [1.82, 2.24) is 19.9 Å². The number of hydrogen-bond acceptors (Lipinski definition) is 4. The summed E-state index contributed by atoms with van der Waals surface area (Å²) in [6.45, 7) is 2.94. The number of imidazole rings is 1. The summed E-state index contributed by atoms with van der Waals surface area (Å²) in [6, 6.07) is 11.9.